The van der Waals surface area contributed by atoms with Crippen molar-refractivity contribution in [2.45, 2.75) is 37.3 Å². The molecular formula is C18H22BrNS. The summed E-state index contributed by atoms with van der Waals surface area (Å²) in [5.41, 5.74) is 10.4. The summed E-state index contributed by atoms with van der Waals surface area (Å²) >= 11 is 5.60. The van der Waals surface area contributed by atoms with E-state index in [2.05, 4.69) is 72.2 Å². The Bertz CT molecular complexity index is 585. The average Bonchev–Trinajstić information content (AvgIpc) is 2.50. The number of thioether (sulfide) groups is 1. The van der Waals surface area contributed by atoms with Gasteiger partial charge >= 0.3 is 0 Å². The highest BCUT2D eigenvalue weighted by Gasteiger charge is 2.21. The number of halogens is 1. The molecule has 0 saturated carbocycles. The van der Waals surface area contributed by atoms with Crippen LogP contribution in [0.2, 0.25) is 0 Å². The van der Waals surface area contributed by atoms with Gasteiger partial charge in [-0.15, -0.1) is 11.8 Å². The molecule has 0 fully saturated rings. The Morgan fingerprint density at radius 2 is 1.76 bits per heavy atom. The van der Waals surface area contributed by atoms with Crippen LogP contribution in [0.1, 0.15) is 35.3 Å². The summed E-state index contributed by atoms with van der Waals surface area (Å²) in [5.74, 6) is 0.992. The lowest BCUT2D eigenvalue weighted by Crippen LogP contribution is -2.26. The number of rotatable bonds is 6. The van der Waals surface area contributed by atoms with E-state index in [0.29, 0.717) is 5.25 Å². The van der Waals surface area contributed by atoms with Crippen molar-refractivity contribution < 1.29 is 0 Å². The van der Waals surface area contributed by atoms with Gasteiger partial charge in [-0.2, -0.15) is 0 Å². The van der Waals surface area contributed by atoms with E-state index in [1.807, 2.05) is 17.8 Å². The van der Waals surface area contributed by atoms with E-state index in [1.54, 1.807) is 0 Å². The monoisotopic (exact) mass is 363 g/mol. The van der Waals surface area contributed by atoms with Crippen molar-refractivity contribution in [3.05, 3.63) is 69.7 Å². The maximum atomic E-state index is 6.38. The highest BCUT2D eigenvalue weighted by molar-refractivity contribution is 9.10. The Morgan fingerprint density at radius 1 is 1.10 bits per heavy atom. The molecule has 2 atom stereocenters. The molecule has 2 aromatic carbocycles. The molecule has 0 aliphatic carbocycles. The van der Waals surface area contributed by atoms with Crippen molar-refractivity contribution in [1.29, 1.82) is 0 Å². The van der Waals surface area contributed by atoms with E-state index in [0.717, 1.165) is 16.6 Å². The van der Waals surface area contributed by atoms with Crippen molar-refractivity contribution >= 4 is 27.7 Å². The predicted octanol–water partition coefficient (Wildman–Crippen LogP) is 5.47. The van der Waals surface area contributed by atoms with Crippen LogP contribution in [0.3, 0.4) is 0 Å². The standard InChI is InChI=1S/C18H22BrNS/c1-3-17(20)18(15-10-6-7-11-16(15)19)21-12-14-9-5-4-8-13(14)2/h4-11,17-18H,3,12,20H2,1-2H3. The van der Waals surface area contributed by atoms with Gasteiger partial charge in [-0.1, -0.05) is 65.3 Å². The Kier molecular flexibility index (Phi) is 6.34. The van der Waals surface area contributed by atoms with Crippen LogP contribution >= 0.6 is 27.7 Å². The molecule has 0 saturated heterocycles. The van der Waals surface area contributed by atoms with E-state index in [9.17, 15) is 0 Å². The smallest absolute Gasteiger partial charge is 0.0462 e. The molecule has 0 radical (unpaired) electrons. The SMILES string of the molecule is CCC(N)C(SCc1ccccc1C)c1ccccc1Br. The Labute approximate surface area is 140 Å². The van der Waals surface area contributed by atoms with Crippen molar-refractivity contribution in [2.75, 3.05) is 0 Å². The van der Waals surface area contributed by atoms with Gasteiger partial charge in [0.25, 0.3) is 0 Å². The molecule has 0 aromatic heterocycles. The van der Waals surface area contributed by atoms with Gasteiger partial charge in [0.1, 0.15) is 0 Å². The van der Waals surface area contributed by atoms with Gasteiger partial charge < -0.3 is 5.73 Å². The van der Waals surface area contributed by atoms with E-state index in [4.69, 9.17) is 5.73 Å². The lowest BCUT2D eigenvalue weighted by Gasteiger charge is -2.24. The Balaban J connectivity index is 2.18. The summed E-state index contributed by atoms with van der Waals surface area (Å²) in [4.78, 5) is 0. The minimum Gasteiger partial charge on any atom is -0.326 e. The second kappa shape index (κ2) is 8.02. The van der Waals surface area contributed by atoms with Crippen LogP contribution in [-0.4, -0.2) is 6.04 Å². The number of hydrogen-bond acceptors (Lipinski definition) is 2. The predicted molar refractivity (Wildman–Crippen MR) is 97.6 cm³/mol. The summed E-state index contributed by atoms with van der Waals surface area (Å²) in [5, 5.41) is 0.310. The number of nitrogens with two attached hydrogens (primary N) is 1. The molecule has 0 bridgehead atoms. The molecule has 21 heavy (non-hydrogen) atoms. The molecule has 1 nitrogen and oxygen atoms in total. The average molecular weight is 364 g/mol. The second-order valence-corrected chi connectivity index (χ2v) is 7.24. The van der Waals surface area contributed by atoms with Gasteiger partial charge in [0.2, 0.25) is 0 Å². The van der Waals surface area contributed by atoms with Crippen LogP contribution in [0.5, 0.6) is 0 Å². The highest BCUT2D eigenvalue weighted by atomic mass is 79.9. The van der Waals surface area contributed by atoms with Gasteiger partial charge in [-0.25, -0.2) is 0 Å². The first kappa shape index (κ1) is 16.6. The van der Waals surface area contributed by atoms with E-state index in [1.165, 1.54) is 16.7 Å². The molecule has 2 unspecified atom stereocenters. The second-order valence-electron chi connectivity index (χ2n) is 5.25. The number of hydrogen-bond donors (Lipinski definition) is 1. The summed E-state index contributed by atoms with van der Waals surface area (Å²) in [7, 11) is 0. The molecule has 3 heteroatoms. The Hall–Kier alpha value is -0.770. The van der Waals surface area contributed by atoms with Crippen molar-refractivity contribution in [1.82, 2.24) is 0 Å². The zero-order valence-corrected chi connectivity index (χ0v) is 15.0. The molecule has 0 heterocycles. The fourth-order valence-corrected chi connectivity index (χ4v) is 4.51. The fraction of sp³-hybridized carbons (Fsp3) is 0.333. The maximum absolute atomic E-state index is 6.38. The van der Waals surface area contributed by atoms with E-state index >= 15 is 0 Å². The third-order valence-electron chi connectivity index (χ3n) is 3.75. The van der Waals surface area contributed by atoms with E-state index < -0.39 is 0 Å². The van der Waals surface area contributed by atoms with Gasteiger partial charge in [0.05, 0.1) is 0 Å². The molecule has 2 rings (SSSR count). The topological polar surface area (TPSA) is 26.0 Å². The molecule has 0 spiro atoms. The first-order valence-corrected chi connectivity index (χ1v) is 9.13. The Morgan fingerprint density at radius 3 is 2.43 bits per heavy atom. The highest BCUT2D eigenvalue weighted by Crippen LogP contribution is 2.38. The quantitative estimate of drug-likeness (QED) is 0.736. The van der Waals surface area contributed by atoms with Crippen LogP contribution < -0.4 is 5.73 Å². The van der Waals surface area contributed by atoms with Gasteiger partial charge in [0, 0.05) is 21.5 Å². The maximum Gasteiger partial charge on any atom is 0.0462 e. The molecule has 2 aromatic rings. The molecule has 2 N–H and O–H groups in total. The molecule has 112 valence electrons. The van der Waals surface area contributed by atoms with Crippen LogP contribution in [0.15, 0.2) is 53.0 Å². The number of benzene rings is 2. The van der Waals surface area contributed by atoms with Crippen LogP contribution in [-0.2, 0) is 5.75 Å². The van der Waals surface area contributed by atoms with Crippen molar-refractivity contribution in [3.63, 3.8) is 0 Å². The van der Waals surface area contributed by atoms with Crippen LogP contribution in [0.4, 0.5) is 0 Å². The third-order valence-corrected chi connectivity index (χ3v) is 5.91. The minimum atomic E-state index is 0.165. The largest absolute Gasteiger partial charge is 0.326 e. The van der Waals surface area contributed by atoms with Gasteiger partial charge in [0.15, 0.2) is 0 Å². The van der Waals surface area contributed by atoms with Gasteiger partial charge in [-0.3, -0.25) is 0 Å². The third kappa shape index (κ3) is 4.35. The summed E-state index contributed by atoms with van der Waals surface area (Å²) in [6.07, 6.45) is 0.979. The lowest BCUT2D eigenvalue weighted by atomic mass is 10.0. The zero-order chi connectivity index (χ0) is 15.2. The molecular weight excluding hydrogens is 342 g/mol. The van der Waals surface area contributed by atoms with Crippen molar-refractivity contribution in [2.24, 2.45) is 5.73 Å². The van der Waals surface area contributed by atoms with Crippen LogP contribution in [0.25, 0.3) is 0 Å². The zero-order valence-electron chi connectivity index (χ0n) is 12.6. The molecule has 0 aliphatic heterocycles. The fourth-order valence-electron chi connectivity index (χ4n) is 2.32. The molecule has 0 amide bonds. The first-order valence-electron chi connectivity index (χ1n) is 7.29. The van der Waals surface area contributed by atoms with Crippen LogP contribution in [0, 0.1) is 6.92 Å². The van der Waals surface area contributed by atoms with E-state index in [-0.39, 0.29) is 6.04 Å². The summed E-state index contributed by atoms with van der Waals surface area (Å²) in [6, 6.07) is 17.1. The van der Waals surface area contributed by atoms with Gasteiger partial charge in [-0.05, 0) is 36.1 Å². The normalized spacial score (nSPS) is 13.9. The summed E-state index contributed by atoms with van der Waals surface area (Å²) in [6.45, 7) is 4.33. The molecule has 0 aliphatic rings. The first-order chi connectivity index (χ1) is 10.1. The minimum absolute atomic E-state index is 0.165. The number of aryl methyl sites for hydroxylation is 1. The van der Waals surface area contributed by atoms with Crippen molar-refractivity contribution in [3.8, 4) is 0 Å². The summed E-state index contributed by atoms with van der Waals surface area (Å²) < 4.78 is 1.15. The lowest BCUT2D eigenvalue weighted by molar-refractivity contribution is 0.632.